The first-order chi connectivity index (χ1) is 11.3. The lowest BCUT2D eigenvalue weighted by molar-refractivity contribution is -0.125. The normalized spacial score (nSPS) is 15.5. The van der Waals surface area contributed by atoms with Gasteiger partial charge in [-0.1, -0.05) is 19.3 Å². The summed E-state index contributed by atoms with van der Waals surface area (Å²) in [7, 11) is 1.76. The molecule has 0 atom stereocenters. The molecule has 136 valence electrons. The maximum atomic E-state index is 12.0. The molecule has 2 rings (SSSR count). The Labute approximate surface area is 161 Å². The maximum Gasteiger partial charge on any atom is 0.223 e. The van der Waals surface area contributed by atoms with Gasteiger partial charge in [0.1, 0.15) is 0 Å². The zero-order valence-corrected chi connectivity index (χ0v) is 16.8. The van der Waals surface area contributed by atoms with Crippen LogP contribution in [-0.4, -0.2) is 43.1 Å². The topological polar surface area (TPSA) is 70.4 Å². The number of carbonyl (C=O) groups is 1. The molecule has 1 amide bonds. The van der Waals surface area contributed by atoms with E-state index < -0.39 is 0 Å². The monoisotopic (exact) mass is 447 g/mol. The second-order valence-corrected chi connectivity index (χ2v) is 5.97. The Morgan fingerprint density at radius 3 is 2.33 bits per heavy atom. The highest BCUT2D eigenvalue weighted by molar-refractivity contribution is 14.0. The van der Waals surface area contributed by atoms with E-state index in [4.69, 9.17) is 0 Å². The molecule has 0 aromatic carbocycles. The minimum Gasteiger partial charge on any atom is -0.355 e. The molecule has 3 N–H and O–H groups in total. The van der Waals surface area contributed by atoms with Gasteiger partial charge in [0.25, 0.3) is 0 Å². The van der Waals surface area contributed by atoms with Crippen molar-refractivity contribution < 1.29 is 4.79 Å². The number of hydrogen-bond acceptors (Lipinski definition) is 2. The summed E-state index contributed by atoms with van der Waals surface area (Å²) in [6.45, 7) is 3.02. The molecule has 0 bridgehead atoms. The Morgan fingerprint density at radius 1 is 1.04 bits per heavy atom. The minimum absolute atomic E-state index is 0. The van der Waals surface area contributed by atoms with Crippen molar-refractivity contribution in [2.75, 3.05) is 26.7 Å². The molecule has 1 saturated carbocycles. The second-order valence-electron chi connectivity index (χ2n) is 5.97. The van der Waals surface area contributed by atoms with E-state index in [-0.39, 0.29) is 35.8 Å². The lowest BCUT2D eigenvalue weighted by Gasteiger charge is -2.21. The number of guanidine groups is 1. The zero-order valence-electron chi connectivity index (χ0n) is 14.5. The highest BCUT2D eigenvalue weighted by Crippen LogP contribution is 2.23. The third-order valence-electron chi connectivity index (χ3n) is 4.24. The Balaban J connectivity index is 0.00000288. The van der Waals surface area contributed by atoms with Crippen molar-refractivity contribution in [1.82, 2.24) is 20.5 Å². The standard InChI is InChI=1S/C17H29N5O.HI/c1-18-17(21-11-14-22-12-5-6-13-22)20-10-9-19-16(23)15-7-3-2-4-8-15;/h5-6,12-13,15H,2-4,7-11,14H2,1H3,(H,19,23)(H2,18,20,21);1H. The number of halogens is 1. The van der Waals surface area contributed by atoms with Gasteiger partial charge in [0.15, 0.2) is 5.96 Å². The molecule has 1 heterocycles. The number of rotatable bonds is 7. The van der Waals surface area contributed by atoms with Crippen molar-refractivity contribution in [3.63, 3.8) is 0 Å². The summed E-state index contributed by atoms with van der Waals surface area (Å²) < 4.78 is 2.12. The van der Waals surface area contributed by atoms with E-state index in [1.54, 1.807) is 7.05 Å². The predicted octanol–water partition coefficient (Wildman–Crippen LogP) is 1.97. The second kappa shape index (κ2) is 12.2. The van der Waals surface area contributed by atoms with Crippen LogP contribution in [0.15, 0.2) is 29.5 Å². The molecule has 0 radical (unpaired) electrons. The van der Waals surface area contributed by atoms with Crippen LogP contribution < -0.4 is 16.0 Å². The number of carbonyl (C=O) groups excluding carboxylic acids is 1. The molecule has 0 unspecified atom stereocenters. The molecule has 1 fully saturated rings. The van der Waals surface area contributed by atoms with Gasteiger partial charge in [0.2, 0.25) is 5.91 Å². The van der Waals surface area contributed by atoms with E-state index in [1.807, 2.05) is 24.5 Å². The van der Waals surface area contributed by atoms with Crippen LogP contribution >= 0.6 is 24.0 Å². The van der Waals surface area contributed by atoms with Crippen molar-refractivity contribution >= 4 is 35.8 Å². The first-order valence-electron chi connectivity index (χ1n) is 8.62. The van der Waals surface area contributed by atoms with E-state index in [0.717, 1.165) is 31.9 Å². The van der Waals surface area contributed by atoms with E-state index in [1.165, 1.54) is 19.3 Å². The molecule has 0 aliphatic heterocycles. The lowest BCUT2D eigenvalue weighted by Crippen LogP contribution is -2.43. The van der Waals surface area contributed by atoms with Gasteiger partial charge in [0.05, 0.1) is 0 Å². The largest absolute Gasteiger partial charge is 0.355 e. The molecule has 1 aliphatic rings. The molecule has 6 nitrogen and oxygen atoms in total. The van der Waals surface area contributed by atoms with Crippen LogP contribution in [0.4, 0.5) is 0 Å². The van der Waals surface area contributed by atoms with E-state index in [9.17, 15) is 4.79 Å². The van der Waals surface area contributed by atoms with Gasteiger partial charge in [-0.3, -0.25) is 9.79 Å². The average Bonchev–Trinajstić information content (AvgIpc) is 3.11. The van der Waals surface area contributed by atoms with Crippen LogP contribution in [0.3, 0.4) is 0 Å². The zero-order chi connectivity index (χ0) is 16.3. The van der Waals surface area contributed by atoms with Crippen molar-refractivity contribution in [1.29, 1.82) is 0 Å². The first-order valence-corrected chi connectivity index (χ1v) is 8.62. The van der Waals surface area contributed by atoms with E-state index >= 15 is 0 Å². The molecule has 0 spiro atoms. The van der Waals surface area contributed by atoms with Crippen molar-refractivity contribution in [3.05, 3.63) is 24.5 Å². The highest BCUT2D eigenvalue weighted by atomic mass is 127. The third kappa shape index (κ3) is 7.55. The Morgan fingerprint density at radius 2 is 1.67 bits per heavy atom. The Bertz CT molecular complexity index is 483. The molecule has 0 saturated heterocycles. The van der Waals surface area contributed by atoms with Gasteiger partial charge in [-0.05, 0) is 25.0 Å². The number of amides is 1. The van der Waals surface area contributed by atoms with Crippen molar-refractivity contribution in [3.8, 4) is 0 Å². The summed E-state index contributed by atoms with van der Waals surface area (Å²) in [4.78, 5) is 16.2. The number of aliphatic imine (C=N–C) groups is 1. The molecule has 24 heavy (non-hydrogen) atoms. The minimum atomic E-state index is 0. The van der Waals surface area contributed by atoms with E-state index in [2.05, 4.69) is 25.5 Å². The highest BCUT2D eigenvalue weighted by Gasteiger charge is 2.20. The average molecular weight is 447 g/mol. The summed E-state index contributed by atoms with van der Waals surface area (Å²) >= 11 is 0. The van der Waals surface area contributed by atoms with Crippen LogP contribution in [0.5, 0.6) is 0 Å². The number of hydrogen-bond donors (Lipinski definition) is 3. The lowest BCUT2D eigenvalue weighted by atomic mass is 9.89. The van der Waals surface area contributed by atoms with Crippen molar-refractivity contribution in [2.45, 2.75) is 38.6 Å². The quantitative estimate of drug-likeness (QED) is 0.259. The van der Waals surface area contributed by atoms with Crippen molar-refractivity contribution in [2.24, 2.45) is 10.9 Å². The van der Waals surface area contributed by atoms with Gasteiger partial charge in [0, 0.05) is 51.5 Å². The van der Waals surface area contributed by atoms with Gasteiger partial charge >= 0.3 is 0 Å². The summed E-state index contributed by atoms with van der Waals surface area (Å²) in [5, 5.41) is 9.51. The maximum absolute atomic E-state index is 12.0. The van der Waals surface area contributed by atoms with Crippen LogP contribution in [0.25, 0.3) is 0 Å². The molecule has 7 heteroatoms. The number of nitrogens with zero attached hydrogens (tertiary/aromatic N) is 2. The first kappa shape index (κ1) is 20.8. The fourth-order valence-electron chi connectivity index (χ4n) is 2.92. The fourth-order valence-corrected chi connectivity index (χ4v) is 2.92. The summed E-state index contributed by atoms with van der Waals surface area (Å²) in [6, 6.07) is 4.03. The Kier molecular flexibility index (Phi) is 10.5. The number of aromatic nitrogens is 1. The van der Waals surface area contributed by atoms with E-state index in [0.29, 0.717) is 13.1 Å². The molecule has 1 aliphatic carbocycles. The van der Waals surface area contributed by atoms with Crippen LogP contribution in [0.2, 0.25) is 0 Å². The van der Waals surface area contributed by atoms with Gasteiger partial charge in [-0.2, -0.15) is 0 Å². The van der Waals surface area contributed by atoms with Crippen LogP contribution in [0, 0.1) is 5.92 Å². The SMILES string of the molecule is CN=C(NCCNC(=O)C1CCCCC1)NCCn1cccc1.I. The molecular formula is C17H30IN5O. The summed E-state index contributed by atoms with van der Waals surface area (Å²) in [5.41, 5.74) is 0. The molecule has 1 aromatic rings. The van der Waals surface area contributed by atoms with Gasteiger partial charge < -0.3 is 20.5 Å². The summed E-state index contributed by atoms with van der Waals surface area (Å²) in [5.74, 6) is 1.20. The smallest absolute Gasteiger partial charge is 0.223 e. The molecule has 1 aromatic heterocycles. The predicted molar refractivity (Wildman–Crippen MR) is 109 cm³/mol. The fraction of sp³-hybridized carbons (Fsp3) is 0.647. The van der Waals surface area contributed by atoms with Crippen LogP contribution in [-0.2, 0) is 11.3 Å². The van der Waals surface area contributed by atoms with Gasteiger partial charge in [-0.15, -0.1) is 24.0 Å². The Hall–Kier alpha value is -1.25. The van der Waals surface area contributed by atoms with Gasteiger partial charge in [-0.25, -0.2) is 0 Å². The van der Waals surface area contributed by atoms with Crippen LogP contribution in [0.1, 0.15) is 32.1 Å². The number of nitrogens with one attached hydrogen (secondary N) is 3. The third-order valence-corrected chi connectivity index (χ3v) is 4.24. The summed E-state index contributed by atoms with van der Waals surface area (Å²) in [6.07, 6.45) is 9.82. The molecular weight excluding hydrogens is 417 g/mol.